The van der Waals surface area contributed by atoms with Crippen LogP contribution >= 0.6 is 0 Å². The van der Waals surface area contributed by atoms with Crippen LogP contribution in [0.5, 0.6) is 5.75 Å². The zero-order valence-corrected chi connectivity index (χ0v) is 36.3. The highest BCUT2D eigenvalue weighted by molar-refractivity contribution is 5.68. The van der Waals surface area contributed by atoms with E-state index in [1.54, 1.807) is 18.3 Å². The highest BCUT2D eigenvalue weighted by atomic mass is 16.7. The second kappa shape index (κ2) is 24.0. The van der Waals surface area contributed by atoms with Crippen LogP contribution in [-0.4, -0.2) is 130 Å². The van der Waals surface area contributed by atoms with Gasteiger partial charge in [0.25, 0.3) is 0 Å². The summed E-state index contributed by atoms with van der Waals surface area (Å²) in [6.45, 7) is 14.6. The number of esters is 4. The lowest BCUT2D eigenvalue weighted by atomic mass is 9.98. The van der Waals surface area contributed by atoms with Crippen LogP contribution in [-0.2, 0) is 56.0 Å². The second-order valence-electron chi connectivity index (χ2n) is 14.6. The maximum Gasteiger partial charge on any atom is 0.303 e. The Kier molecular flexibility index (Phi) is 18.3. The summed E-state index contributed by atoms with van der Waals surface area (Å²) >= 11 is 0. The summed E-state index contributed by atoms with van der Waals surface area (Å²) in [4.78, 5) is 70.1. The standard InChI is InChI=1S/C44H52N6O10.C2H6/c1-30(51)55-29-39-41(56-31(2)52)42(57-32(3)53)43(58-33(4)54)44(60-39)59-37-16-14-34(15-17-37)40(38-13-7-10-20-47-38)50-25-23-48(27-35-11-5-8-18-45-35)21-22-49(24-26-50)28-36-12-6-9-19-46-36;1-2/h5-20,39-44H,21-29H2,1-4H3;1-2H3/t39-,40?,41+,42+,43-,44-;/m1./s1. The summed E-state index contributed by atoms with van der Waals surface area (Å²) in [6.07, 6.45) is -1.07. The number of hydrogen-bond donors (Lipinski definition) is 0. The van der Waals surface area contributed by atoms with Crippen molar-refractivity contribution in [2.75, 3.05) is 45.9 Å². The SMILES string of the molecule is CC.CC(=O)OC[C@H]1O[C@@H](Oc2ccc(C(c3ccccn3)N3CCN(Cc4ccccn4)CCN(Cc4ccccn4)CC3)cc2)[C@H](OC(C)=O)[C@@H](OC(C)=O)[C@H]1OC(C)=O. The van der Waals surface area contributed by atoms with Crippen LogP contribution in [0.25, 0.3) is 0 Å². The number of ether oxygens (including phenoxy) is 6. The molecule has 6 atom stereocenters. The van der Waals surface area contributed by atoms with Crippen molar-refractivity contribution in [3.05, 3.63) is 120 Å². The van der Waals surface area contributed by atoms with E-state index in [0.717, 1.165) is 61.9 Å². The monoisotopic (exact) mass is 854 g/mol. The first-order chi connectivity index (χ1) is 30.0. The molecular weight excluding hydrogens is 797 g/mol. The van der Waals surface area contributed by atoms with Crippen molar-refractivity contribution in [1.29, 1.82) is 0 Å². The minimum Gasteiger partial charge on any atom is -0.463 e. The van der Waals surface area contributed by atoms with Gasteiger partial charge in [-0.3, -0.25) is 48.8 Å². The molecule has 0 radical (unpaired) electrons. The minimum atomic E-state index is -1.36. The number of aromatic nitrogens is 3. The molecule has 3 aromatic heterocycles. The van der Waals surface area contributed by atoms with Crippen LogP contribution in [0.1, 0.15) is 70.2 Å². The summed E-state index contributed by atoms with van der Waals surface area (Å²) < 4.78 is 34.4. The van der Waals surface area contributed by atoms with E-state index in [4.69, 9.17) is 33.4 Å². The molecule has 0 spiro atoms. The van der Waals surface area contributed by atoms with Crippen molar-refractivity contribution in [2.24, 2.45) is 0 Å². The summed E-state index contributed by atoms with van der Waals surface area (Å²) in [5, 5.41) is 0. The molecule has 16 heteroatoms. The smallest absolute Gasteiger partial charge is 0.303 e. The Labute approximate surface area is 363 Å². The lowest BCUT2D eigenvalue weighted by Gasteiger charge is -2.43. The fourth-order valence-corrected chi connectivity index (χ4v) is 7.43. The molecule has 62 heavy (non-hydrogen) atoms. The zero-order chi connectivity index (χ0) is 44.4. The number of hydrogen-bond acceptors (Lipinski definition) is 16. The van der Waals surface area contributed by atoms with Crippen molar-refractivity contribution in [3.8, 4) is 5.75 Å². The van der Waals surface area contributed by atoms with Gasteiger partial charge in [0, 0.05) is 98.6 Å². The molecule has 2 aliphatic rings. The molecule has 0 N–H and O–H groups in total. The average molecular weight is 855 g/mol. The van der Waals surface area contributed by atoms with Crippen molar-refractivity contribution >= 4 is 23.9 Å². The lowest BCUT2D eigenvalue weighted by molar-refractivity contribution is -0.288. The van der Waals surface area contributed by atoms with E-state index in [9.17, 15) is 19.2 Å². The summed E-state index contributed by atoms with van der Waals surface area (Å²) in [5.74, 6) is -2.44. The third-order valence-electron chi connectivity index (χ3n) is 10.1. The molecule has 1 aromatic carbocycles. The number of pyridine rings is 3. The van der Waals surface area contributed by atoms with Gasteiger partial charge in [-0.2, -0.15) is 0 Å². The highest BCUT2D eigenvalue weighted by Crippen LogP contribution is 2.33. The fraction of sp³-hybridized carbons (Fsp3) is 0.457. The molecule has 0 bridgehead atoms. The molecular formula is C46H58N6O10. The van der Waals surface area contributed by atoms with Crippen LogP contribution in [0.2, 0.25) is 0 Å². The van der Waals surface area contributed by atoms with Gasteiger partial charge in [0.2, 0.25) is 12.4 Å². The third-order valence-corrected chi connectivity index (χ3v) is 10.1. The van der Waals surface area contributed by atoms with Gasteiger partial charge >= 0.3 is 23.9 Å². The Hall–Kier alpha value is -5.81. The molecule has 2 fully saturated rings. The Bertz CT molecular complexity index is 1940. The molecule has 0 saturated carbocycles. The molecule has 6 rings (SSSR count). The van der Waals surface area contributed by atoms with E-state index in [1.807, 2.05) is 80.8 Å². The van der Waals surface area contributed by atoms with E-state index in [-0.39, 0.29) is 12.6 Å². The van der Waals surface area contributed by atoms with Gasteiger partial charge in [-0.1, -0.05) is 44.2 Å². The van der Waals surface area contributed by atoms with Crippen molar-refractivity contribution in [3.63, 3.8) is 0 Å². The second-order valence-corrected chi connectivity index (χ2v) is 14.6. The largest absolute Gasteiger partial charge is 0.463 e. The van der Waals surface area contributed by atoms with Gasteiger partial charge in [-0.25, -0.2) is 0 Å². The average Bonchev–Trinajstić information content (AvgIpc) is 3.35. The molecule has 2 saturated heterocycles. The predicted molar refractivity (Wildman–Crippen MR) is 227 cm³/mol. The van der Waals surface area contributed by atoms with Crippen LogP contribution in [0.3, 0.4) is 0 Å². The molecule has 16 nitrogen and oxygen atoms in total. The van der Waals surface area contributed by atoms with Crippen LogP contribution in [0.15, 0.2) is 97.5 Å². The molecule has 0 aliphatic carbocycles. The van der Waals surface area contributed by atoms with E-state index in [0.29, 0.717) is 18.8 Å². The van der Waals surface area contributed by atoms with Gasteiger partial charge in [-0.15, -0.1) is 0 Å². The van der Waals surface area contributed by atoms with Crippen molar-refractivity contribution < 1.29 is 47.6 Å². The van der Waals surface area contributed by atoms with E-state index >= 15 is 0 Å². The number of carbonyl (C=O) groups excluding carboxylic acids is 4. The van der Waals surface area contributed by atoms with Gasteiger partial charge in [-0.05, 0) is 54.1 Å². The zero-order valence-electron chi connectivity index (χ0n) is 36.3. The Morgan fingerprint density at radius 2 is 1.11 bits per heavy atom. The molecule has 332 valence electrons. The number of benzene rings is 1. The molecule has 2 aliphatic heterocycles. The van der Waals surface area contributed by atoms with Crippen molar-refractivity contribution in [1.82, 2.24) is 29.7 Å². The predicted octanol–water partition coefficient (Wildman–Crippen LogP) is 4.77. The summed E-state index contributed by atoms with van der Waals surface area (Å²) in [5.41, 5.74) is 3.84. The maximum absolute atomic E-state index is 12.4. The topological polar surface area (TPSA) is 172 Å². The number of rotatable bonds is 14. The summed E-state index contributed by atoms with van der Waals surface area (Å²) in [6, 6.07) is 25.1. The van der Waals surface area contributed by atoms with E-state index < -0.39 is 54.6 Å². The van der Waals surface area contributed by atoms with Gasteiger partial charge in [0.15, 0.2) is 12.2 Å². The Balaban J connectivity index is 0.00000358. The quantitative estimate of drug-likeness (QED) is 0.125. The van der Waals surface area contributed by atoms with Crippen molar-refractivity contribution in [2.45, 2.75) is 91.4 Å². The first-order valence-electron chi connectivity index (χ1n) is 21.0. The molecule has 0 amide bonds. The van der Waals surface area contributed by atoms with E-state index in [2.05, 4.69) is 36.8 Å². The molecule has 1 unspecified atom stereocenters. The Morgan fingerprint density at radius 1 is 0.613 bits per heavy atom. The maximum atomic E-state index is 12.4. The number of carbonyl (C=O) groups is 4. The third kappa shape index (κ3) is 14.1. The summed E-state index contributed by atoms with van der Waals surface area (Å²) in [7, 11) is 0. The van der Waals surface area contributed by atoms with Crippen LogP contribution in [0.4, 0.5) is 0 Å². The van der Waals surface area contributed by atoms with Crippen LogP contribution < -0.4 is 4.74 Å². The number of nitrogens with zero attached hydrogens (tertiary/aromatic N) is 6. The first kappa shape index (κ1) is 47.2. The first-order valence-corrected chi connectivity index (χ1v) is 21.0. The minimum absolute atomic E-state index is 0.238. The van der Waals surface area contributed by atoms with Gasteiger partial charge in [0.05, 0.1) is 23.1 Å². The highest BCUT2D eigenvalue weighted by Gasteiger charge is 2.53. The fourth-order valence-electron chi connectivity index (χ4n) is 7.43. The molecule has 5 heterocycles. The molecule has 4 aromatic rings. The Morgan fingerprint density at radius 3 is 1.60 bits per heavy atom. The van der Waals surface area contributed by atoms with Gasteiger partial charge in [0.1, 0.15) is 18.5 Å². The van der Waals surface area contributed by atoms with Crippen LogP contribution in [0, 0.1) is 0 Å². The van der Waals surface area contributed by atoms with E-state index in [1.165, 1.54) is 27.7 Å². The van der Waals surface area contributed by atoms with Gasteiger partial charge < -0.3 is 28.4 Å². The lowest BCUT2D eigenvalue weighted by Crippen LogP contribution is -2.63. The normalized spacial score (nSPS) is 21.6.